The molecule has 3 aromatic rings. The SMILES string of the molecule is Cc1c[c-]ccc1C.Cc1c[c-]ccc1C.Cc1cc(C)c(C)cc1C.[Y]. The van der Waals surface area contributed by atoms with Crippen LogP contribution in [0.1, 0.15) is 44.5 Å². The quantitative estimate of drug-likeness (QED) is 0.331. The molecule has 0 N–H and O–H groups in total. The van der Waals surface area contributed by atoms with Gasteiger partial charge in [0.2, 0.25) is 0 Å². The van der Waals surface area contributed by atoms with Gasteiger partial charge < -0.3 is 0 Å². The summed E-state index contributed by atoms with van der Waals surface area (Å²) in [6.45, 7) is 17.0. The maximum Gasteiger partial charge on any atom is 0 e. The maximum absolute atomic E-state index is 3.00. The van der Waals surface area contributed by atoms with Crippen molar-refractivity contribution in [3.05, 3.63) is 105 Å². The van der Waals surface area contributed by atoms with Crippen LogP contribution < -0.4 is 0 Å². The molecule has 0 aliphatic heterocycles. The van der Waals surface area contributed by atoms with Gasteiger partial charge in [0.05, 0.1) is 0 Å². The Labute approximate surface area is 192 Å². The van der Waals surface area contributed by atoms with Crippen molar-refractivity contribution in [1.82, 2.24) is 0 Å². The Morgan fingerprint density at radius 1 is 0.444 bits per heavy atom. The van der Waals surface area contributed by atoms with Crippen LogP contribution in [0, 0.1) is 67.5 Å². The average molecular weight is 433 g/mol. The second-order valence-corrected chi connectivity index (χ2v) is 7.04. The molecule has 0 spiro atoms. The minimum absolute atomic E-state index is 0. The van der Waals surface area contributed by atoms with Gasteiger partial charge in [-0.2, -0.15) is 70.8 Å². The van der Waals surface area contributed by atoms with E-state index in [9.17, 15) is 0 Å². The summed E-state index contributed by atoms with van der Waals surface area (Å²) in [7, 11) is 0. The monoisotopic (exact) mass is 433 g/mol. The molecule has 0 aliphatic rings. The van der Waals surface area contributed by atoms with Gasteiger partial charge in [0.25, 0.3) is 0 Å². The van der Waals surface area contributed by atoms with Crippen LogP contribution in [0.2, 0.25) is 0 Å². The molecule has 0 amide bonds. The number of hydrogen-bond donors (Lipinski definition) is 0. The summed E-state index contributed by atoms with van der Waals surface area (Å²) in [5.41, 5.74) is 10.9. The standard InChI is InChI=1S/C10H14.2C8H9.Y/c1-7-5-9(3)10(4)6-8(7)2;2*1-7-5-3-4-6-8(7)2;/h5-6H,1-4H3;2*3,5-6H,1-2H3;/q;2*-1;. The molecular formula is C26H32Y-2. The molecule has 0 nitrogen and oxygen atoms in total. The molecule has 0 unspecified atom stereocenters. The zero-order valence-corrected chi connectivity index (χ0v) is 21.0. The van der Waals surface area contributed by atoms with E-state index in [1.807, 2.05) is 24.3 Å². The Bertz CT molecular complexity index is 696. The first-order valence-electron chi connectivity index (χ1n) is 9.13. The Balaban J connectivity index is 0.000000372. The maximum atomic E-state index is 3.00. The van der Waals surface area contributed by atoms with Crippen molar-refractivity contribution >= 4 is 0 Å². The molecule has 141 valence electrons. The summed E-state index contributed by atoms with van der Waals surface area (Å²) in [4.78, 5) is 0. The van der Waals surface area contributed by atoms with Crippen LogP contribution in [-0.2, 0) is 32.7 Å². The smallest absolute Gasteiger partial charge is 0 e. The second kappa shape index (κ2) is 13.0. The summed E-state index contributed by atoms with van der Waals surface area (Å²) in [6.07, 6.45) is 0. The minimum Gasteiger partial charge on any atom is -0.184 e. The largest absolute Gasteiger partial charge is 0.184 e. The van der Waals surface area contributed by atoms with Gasteiger partial charge in [0.15, 0.2) is 0 Å². The van der Waals surface area contributed by atoms with Crippen LogP contribution in [0.5, 0.6) is 0 Å². The predicted octanol–water partition coefficient (Wildman–Crippen LogP) is 7.13. The molecular weight excluding hydrogens is 401 g/mol. The van der Waals surface area contributed by atoms with E-state index in [4.69, 9.17) is 0 Å². The van der Waals surface area contributed by atoms with Crippen LogP contribution >= 0.6 is 0 Å². The summed E-state index contributed by atoms with van der Waals surface area (Å²) in [5, 5.41) is 0. The van der Waals surface area contributed by atoms with E-state index in [0.717, 1.165) is 0 Å². The molecule has 0 atom stereocenters. The summed E-state index contributed by atoms with van der Waals surface area (Å²) >= 11 is 0. The molecule has 0 heterocycles. The van der Waals surface area contributed by atoms with Crippen molar-refractivity contribution in [2.24, 2.45) is 0 Å². The van der Waals surface area contributed by atoms with E-state index in [1.54, 1.807) is 0 Å². The van der Waals surface area contributed by atoms with Crippen molar-refractivity contribution in [2.45, 2.75) is 55.4 Å². The zero-order valence-electron chi connectivity index (χ0n) is 18.2. The molecule has 0 bridgehead atoms. The van der Waals surface area contributed by atoms with Crippen LogP contribution in [0.15, 0.2) is 48.5 Å². The Morgan fingerprint density at radius 2 is 0.741 bits per heavy atom. The van der Waals surface area contributed by atoms with Gasteiger partial charge in [-0.05, 0) is 49.9 Å². The Kier molecular flexibility index (Phi) is 12.4. The normalized spacial score (nSPS) is 9.19. The van der Waals surface area contributed by atoms with Gasteiger partial charge in [-0.3, -0.25) is 0 Å². The van der Waals surface area contributed by atoms with E-state index in [-0.39, 0.29) is 32.7 Å². The summed E-state index contributed by atoms with van der Waals surface area (Å²) < 4.78 is 0. The number of rotatable bonds is 0. The third-order valence-corrected chi connectivity index (χ3v) is 4.81. The topological polar surface area (TPSA) is 0 Å². The van der Waals surface area contributed by atoms with E-state index < -0.39 is 0 Å². The Hall–Kier alpha value is -1.24. The zero-order chi connectivity index (χ0) is 19.7. The molecule has 3 aromatic carbocycles. The van der Waals surface area contributed by atoms with Crippen molar-refractivity contribution in [1.29, 1.82) is 0 Å². The van der Waals surface area contributed by atoms with Gasteiger partial charge in [0, 0.05) is 32.7 Å². The Morgan fingerprint density at radius 3 is 0.926 bits per heavy atom. The molecule has 0 aliphatic carbocycles. The van der Waals surface area contributed by atoms with Crippen molar-refractivity contribution < 1.29 is 32.7 Å². The van der Waals surface area contributed by atoms with E-state index in [0.29, 0.717) is 0 Å². The van der Waals surface area contributed by atoms with Crippen LogP contribution in [0.4, 0.5) is 0 Å². The van der Waals surface area contributed by atoms with Gasteiger partial charge >= 0.3 is 0 Å². The van der Waals surface area contributed by atoms with Gasteiger partial charge in [-0.1, -0.05) is 39.8 Å². The third kappa shape index (κ3) is 9.49. The molecule has 3 rings (SSSR count). The van der Waals surface area contributed by atoms with Crippen molar-refractivity contribution in [2.75, 3.05) is 0 Å². The third-order valence-electron chi connectivity index (χ3n) is 4.81. The molecule has 0 saturated heterocycles. The first kappa shape index (κ1) is 25.8. The van der Waals surface area contributed by atoms with E-state index in [2.05, 4.69) is 91.8 Å². The molecule has 1 heteroatoms. The number of hydrogen-bond acceptors (Lipinski definition) is 0. The number of aryl methyl sites for hydroxylation is 8. The van der Waals surface area contributed by atoms with E-state index in [1.165, 1.54) is 44.5 Å². The minimum atomic E-state index is 0. The predicted molar refractivity (Wildman–Crippen MR) is 115 cm³/mol. The molecule has 0 aromatic heterocycles. The van der Waals surface area contributed by atoms with Crippen LogP contribution in [0.25, 0.3) is 0 Å². The number of benzene rings is 3. The fourth-order valence-corrected chi connectivity index (χ4v) is 2.29. The van der Waals surface area contributed by atoms with Gasteiger partial charge in [-0.15, -0.1) is 0 Å². The molecule has 0 saturated carbocycles. The molecule has 1 radical (unpaired) electrons. The first-order chi connectivity index (χ1) is 12.2. The molecule has 0 fully saturated rings. The van der Waals surface area contributed by atoms with Gasteiger partial charge in [-0.25, -0.2) is 0 Å². The fourth-order valence-electron chi connectivity index (χ4n) is 2.29. The van der Waals surface area contributed by atoms with Crippen molar-refractivity contribution in [3.63, 3.8) is 0 Å². The van der Waals surface area contributed by atoms with Crippen LogP contribution in [-0.4, -0.2) is 0 Å². The van der Waals surface area contributed by atoms with E-state index >= 15 is 0 Å². The van der Waals surface area contributed by atoms with Crippen molar-refractivity contribution in [3.8, 4) is 0 Å². The summed E-state index contributed by atoms with van der Waals surface area (Å²) in [6, 6.07) is 22.5. The van der Waals surface area contributed by atoms with Gasteiger partial charge in [0.1, 0.15) is 0 Å². The molecule has 27 heavy (non-hydrogen) atoms. The average Bonchev–Trinajstić information content (AvgIpc) is 2.60. The van der Waals surface area contributed by atoms with Crippen LogP contribution in [0.3, 0.4) is 0 Å². The second-order valence-electron chi connectivity index (χ2n) is 7.04. The summed E-state index contributed by atoms with van der Waals surface area (Å²) in [5.74, 6) is 0. The fraction of sp³-hybridized carbons (Fsp3) is 0.308. The first-order valence-corrected chi connectivity index (χ1v) is 9.13.